The molecule has 3 N–H and O–H groups in total. The zero-order chi connectivity index (χ0) is 19.2. The van der Waals surface area contributed by atoms with Crippen molar-refractivity contribution in [3.05, 3.63) is 59.7 Å². The first kappa shape index (κ1) is 19.1. The monoisotopic (exact) mass is 368 g/mol. The Morgan fingerprint density at radius 1 is 1.04 bits per heavy atom. The van der Waals surface area contributed by atoms with Crippen LogP contribution in [-0.4, -0.2) is 30.3 Å². The molecule has 0 saturated carbocycles. The molecule has 2 aromatic rings. The lowest BCUT2D eigenvalue weighted by Gasteiger charge is -2.14. The summed E-state index contributed by atoms with van der Waals surface area (Å²) in [5.74, 6) is -1.54. The van der Waals surface area contributed by atoms with E-state index in [1.165, 1.54) is 36.4 Å². The summed E-state index contributed by atoms with van der Waals surface area (Å²) in [7, 11) is 0. The number of carbonyl (C=O) groups excluding carboxylic acids is 1. The van der Waals surface area contributed by atoms with Gasteiger partial charge in [0.2, 0.25) is 0 Å². The maximum absolute atomic E-state index is 12.8. The van der Waals surface area contributed by atoms with Crippen molar-refractivity contribution >= 4 is 17.7 Å². The number of carboxylic acids is 1. The van der Waals surface area contributed by atoms with Gasteiger partial charge < -0.3 is 20.5 Å². The number of rotatable bonds is 6. The van der Waals surface area contributed by atoms with Crippen LogP contribution in [-0.2, 0) is 6.18 Å². The molecule has 0 radical (unpaired) electrons. The Hall–Kier alpha value is -3.23. The molecule has 138 valence electrons. The van der Waals surface area contributed by atoms with Gasteiger partial charge in [-0.2, -0.15) is 13.2 Å². The quantitative estimate of drug-likeness (QED) is 0.680. The third kappa shape index (κ3) is 5.13. The molecule has 2 amide bonds. The molecular weight excluding hydrogens is 353 g/mol. The number of anilines is 1. The van der Waals surface area contributed by atoms with Gasteiger partial charge in [0.1, 0.15) is 12.4 Å². The summed E-state index contributed by atoms with van der Waals surface area (Å²) in [6.07, 6.45) is -4.54. The number of benzene rings is 2. The van der Waals surface area contributed by atoms with Crippen molar-refractivity contribution in [1.82, 2.24) is 5.32 Å². The molecule has 0 heterocycles. The fourth-order valence-corrected chi connectivity index (χ4v) is 2.10. The number of nitrogens with one attached hydrogen (secondary N) is 2. The molecule has 0 aliphatic rings. The van der Waals surface area contributed by atoms with E-state index < -0.39 is 23.7 Å². The van der Waals surface area contributed by atoms with Crippen molar-refractivity contribution in [3.8, 4) is 5.75 Å². The van der Waals surface area contributed by atoms with Crippen LogP contribution in [0.2, 0.25) is 0 Å². The number of urea groups is 1. The lowest BCUT2D eigenvalue weighted by molar-refractivity contribution is -0.138. The van der Waals surface area contributed by atoms with E-state index in [0.29, 0.717) is 0 Å². The van der Waals surface area contributed by atoms with Gasteiger partial charge in [0.15, 0.2) is 0 Å². The Morgan fingerprint density at radius 2 is 1.69 bits per heavy atom. The number of aromatic carboxylic acids is 1. The summed E-state index contributed by atoms with van der Waals surface area (Å²) in [6.45, 7) is -0.269. The molecular formula is C17H15F3N2O4. The summed E-state index contributed by atoms with van der Waals surface area (Å²) < 4.78 is 43.5. The molecule has 2 aromatic carbocycles. The Labute approximate surface area is 146 Å². The van der Waals surface area contributed by atoms with E-state index in [0.717, 1.165) is 6.07 Å². The van der Waals surface area contributed by atoms with Crippen LogP contribution in [0.1, 0.15) is 15.9 Å². The zero-order valence-corrected chi connectivity index (χ0v) is 13.3. The van der Waals surface area contributed by atoms with E-state index in [2.05, 4.69) is 10.6 Å². The Bertz CT molecular complexity index is 794. The zero-order valence-electron chi connectivity index (χ0n) is 13.3. The van der Waals surface area contributed by atoms with Crippen LogP contribution in [0.3, 0.4) is 0 Å². The van der Waals surface area contributed by atoms with Gasteiger partial charge in [-0.15, -0.1) is 0 Å². The molecule has 0 spiro atoms. The highest BCUT2D eigenvalue weighted by molar-refractivity contribution is 5.99. The summed E-state index contributed by atoms with van der Waals surface area (Å²) in [5.41, 5.74) is -0.890. The number of ether oxygens (including phenoxy) is 1. The molecule has 0 fully saturated rings. The van der Waals surface area contributed by atoms with Crippen LogP contribution in [0.5, 0.6) is 5.75 Å². The molecule has 0 bridgehead atoms. The maximum Gasteiger partial charge on any atom is 0.419 e. The van der Waals surface area contributed by atoms with Gasteiger partial charge in [0, 0.05) is 0 Å². The highest BCUT2D eigenvalue weighted by Gasteiger charge is 2.33. The van der Waals surface area contributed by atoms with Crippen LogP contribution in [0.4, 0.5) is 23.7 Å². The van der Waals surface area contributed by atoms with Crippen molar-refractivity contribution in [3.63, 3.8) is 0 Å². The van der Waals surface area contributed by atoms with Crippen LogP contribution in [0.15, 0.2) is 48.5 Å². The van der Waals surface area contributed by atoms with Gasteiger partial charge in [-0.25, -0.2) is 9.59 Å². The van der Waals surface area contributed by atoms with Crippen LogP contribution in [0.25, 0.3) is 0 Å². The number of hydrogen-bond donors (Lipinski definition) is 3. The lowest BCUT2D eigenvalue weighted by atomic mass is 10.2. The standard InChI is InChI=1S/C17H15F3N2O4/c18-17(19,20)12-6-2-4-8-14(12)26-10-9-21-16(25)22-13-7-3-1-5-11(13)15(23)24/h1-8H,9-10H2,(H,23,24)(H2,21,22,25). The second-order valence-corrected chi connectivity index (χ2v) is 5.07. The minimum absolute atomic E-state index is 0.0761. The van der Waals surface area contributed by atoms with Gasteiger partial charge >= 0.3 is 18.2 Å². The first-order valence-corrected chi connectivity index (χ1v) is 7.45. The Morgan fingerprint density at radius 3 is 2.38 bits per heavy atom. The van der Waals surface area contributed by atoms with Crippen molar-refractivity contribution < 1.29 is 32.6 Å². The van der Waals surface area contributed by atoms with Crippen LogP contribution in [0, 0.1) is 0 Å². The number of halogens is 3. The number of amides is 2. The molecule has 0 atom stereocenters. The summed E-state index contributed by atoms with van der Waals surface area (Å²) in [5, 5.41) is 13.8. The van der Waals surface area contributed by atoms with Crippen LogP contribution >= 0.6 is 0 Å². The highest BCUT2D eigenvalue weighted by Crippen LogP contribution is 2.35. The summed E-state index contributed by atoms with van der Waals surface area (Å²) in [4.78, 5) is 22.8. The van der Waals surface area contributed by atoms with E-state index in [1.807, 2.05) is 0 Å². The van der Waals surface area contributed by atoms with Gasteiger partial charge in [-0.05, 0) is 24.3 Å². The first-order valence-electron chi connectivity index (χ1n) is 7.45. The van der Waals surface area contributed by atoms with Gasteiger partial charge in [-0.3, -0.25) is 0 Å². The first-order chi connectivity index (χ1) is 12.3. The average Bonchev–Trinajstić information content (AvgIpc) is 2.58. The van der Waals surface area contributed by atoms with Crippen molar-refractivity contribution in [2.45, 2.75) is 6.18 Å². The van der Waals surface area contributed by atoms with Crippen molar-refractivity contribution in [1.29, 1.82) is 0 Å². The maximum atomic E-state index is 12.8. The molecule has 0 aromatic heterocycles. The molecule has 2 rings (SSSR count). The molecule has 0 unspecified atom stereocenters. The molecule has 0 saturated heterocycles. The van der Waals surface area contributed by atoms with E-state index in [9.17, 15) is 22.8 Å². The fourth-order valence-electron chi connectivity index (χ4n) is 2.10. The molecule has 0 aliphatic heterocycles. The SMILES string of the molecule is O=C(NCCOc1ccccc1C(F)(F)F)Nc1ccccc1C(=O)O. The third-order valence-corrected chi connectivity index (χ3v) is 3.24. The molecule has 9 heteroatoms. The Balaban J connectivity index is 1.86. The summed E-state index contributed by atoms with van der Waals surface area (Å²) >= 11 is 0. The molecule has 6 nitrogen and oxygen atoms in total. The second-order valence-electron chi connectivity index (χ2n) is 5.07. The second kappa shape index (κ2) is 8.24. The average molecular weight is 368 g/mol. The number of carbonyl (C=O) groups is 2. The van der Waals surface area contributed by atoms with Crippen molar-refractivity contribution in [2.75, 3.05) is 18.5 Å². The minimum atomic E-state index is -4.54. The topological polar surface area (TPSA) is 87.7 Å². The minimum Gasteiger partial charge on any atom is -0.491 e. The summed E-state index contributed by atoms with van der Waals surface area (Å²) in [6, 6.07) is 9.86. The molecule has 0 aliphatic carbocycles. The molecule has 26 heavy (non-hydrogen) atoms. The lowest BCUT2D eigenvalue weighted by Crippen LogP contribution is -2.32. The predicted molar refractivity (Wildman–Crippen MR) is 87.4 cm³/mol. The largest absolute Gasteiger partial charge is 0.491 e. The Kier molecular flexibility index (Phi) is 6.05. The highest BCUT2D eigenvalue weighted by atomic mass is 19.4. The van der Waals surface area contributed by atoms with Crippen LogP contribution < -0.4 is 15.4 Å². The van der Waals surface area contributed by atoms with Gasteiger partial charge in [0.25, 0.3) is 0 Å². The van der Waals surface area contributed by atoms with E-state index >= 15 is 0 Å². The van der Waals surface area contributed by atoms with Crippen molar-refractivity contribution in [2.24, 2.45) is 0 Å². The number of para-hydroxylation sites is 2. The normalized spacial score (nSPS) is 10.9. The van der Waals surface area contributed by atoms with E-state index in [-0.39, 0.29) is 30.2 Å². The smallest absolute Gasteiger partial charge is 0.419 e. The van der Waals surface area contributed by atoms with E-state index in [4.69, 9.17) is 9.84 Å². The predicted octanol–water partition coefficient (Wildman–Crippen LogP) is 3.60. The number of carboxylic acid groups (broad SMARTS) is 1. The fraction of sp³-hybridized carbons (Fsp3) is 0.176. The van der Waals surface area contributed by atoms with Gasteiger partial charge in [-0.1, -0.05) is 24.3 Å². The van der Waals surface area contributed by atoms with Gasteiger partial charge in [0.05, 0.1) is 23.4 Å². The third-order valence-electron chi connectivity index (χ3n) is 3.24. The number of hydrogen-bond acceptors (Lipinski definition) is 3. The van der Waals surface area contributed by atoms with E-state index in [1.54, 1.807) is 6.07 Å². The number of alkyl halides is 3.